The second-order valence-corrected chi connectivity index (χ2v) is 9.74. The Morgan fingerprint density at radius 2 is 1.78 bits per heavy atom. The highest BCUT2D eigenvalue weighted by Crippen LogP contribution is 2.35. The molecule has 0 aliphatic rings. The third kappa shape index (κ3) is 4.85. The van der Waals surface area contributed by atoms with Crippen molar-refractivity contribution in [3.05, 3.63) is 66.9 Å². The topological polar surface area (TPSA) is 71.3 Å². The molecule has 3 rings (SSSR count). The van der Waals surface area contributed by atoms with Gasteiger partial charge in [0.15, 0.2) is 5.82 Å². The molecule has 0 aliphatic heterocycles. The first-order valence-corrected chi connectivity index (χ1v) is 11.8. The Morgan fingerprint density at radius 3 is 2.41 bits per heavy atom. The molecule has 0 spiro atoms. The summed E-state index contributed by atoms with van der Waals surface area (Å²) < 4.78 is 2.29. The van der Waals surface area contributed by atoms with Crippen molar-refractivity contribution in [2.75, 3.05) is 19.0 Å². The first-order chi connectivity index (χ1) is 15.0. The fourth-order valence-electron chi connectivity index (χ4n) is 2.97. The number of anilines is 1. The first-order valence-electron chi connectivity index (χ1n) is 9.43. The molecule has 0 bridgehead atoms. The van der Waals surface area contributed by atoms with Gasteiger partial charge in [-0.25, -0.2) is 9.67 Å². The molecule has 0 atom stereocenters. The smallest absolute Gasteiger partial charge is 0.276 e. The molecule has 0 radical (unpaired) electrons. The number of pyridine rings is 1. The van der Waals surface area contributed by atoms with Crippen LogP contribution in [-0.2, 0) is 0 Å². The number of carbonyl (C=O) groups is 2. The van der Waals surface area contributed by atoms with Crippen LogP contribution in [0, 0.1) is 0 Å². The van der Waals surface area contributed by atoms with E-state index in [1.165, 1.54) is 9.58 Å². The average Bonchev–Trinajstić information content (AvgIpc) is 3.12. The van der Waals surface area contributed by atoms with Crippen molar-refractivity contribution in [1.29, 1.82) is 0 Å². The van der Waals surface area contributed by atoms with Gasteiger partial charge in [-0.2, -0.15) is 5.10 Å². The van der Waals surface area contributed by atoms with E-state index in [9.17, 15) is 9.59 Å². The van der Waals surface area contributed by atoms with Crippen molar-refractivity contribution in [3.8, 4) is 5.82 Å². The third-order valence-electron chi connectivity index (χ3n) is 4.83. The molecule has 3 aromatic rings. The molecule has 2 amide bonds. The highest BCUT2D eigenvalue weighted by molar-refractivity contribution is 9.10. The molecule has 0 saturated carbocycles. The van der Waals surface area contributed by atoms with Crippen LogP contribution < -0.4 is 4.90 Å². The highest BCUT2D eigenvalue weighted by Gasteiger charge is 2.28. The summed E-state index contributed by atoms with van der Waals surface area (Å²) >= 11 is 19.3. The molecule has 32 heavy (non-hydrogen) atoms. The Kier molecular flexibility index (Phi) is 7.65. The summed E-state index contributed by atoms with van der Waals surface area (Å²) in [4.78, 5) is 33.9. The van der Waals surface area contributed by atoms with Gasteiger partial charge in [0.2, 0.25) is 0 Å². The molecule has 2 aromatic heterocycles. The lowest BCUT2D eigenvalue weighted by molar-refractivity contribution is 0.0755. The van der Waals surface area contributed by atoms with Gasteiger partial charge in [0.1, 0.15) is 10.3 Å². The lowest BCUT2D eigenvalue weighted by atomic mass is 10.1. The molecule has 0 saturated heterocycles. The Hall–Kier alpha value is -1.94. The van der Waals surface area contributed by atoms with Crippen LogP contribution in [0.1, 0.15) is 34.7 Å². The maximum Gasteiger partial charge on any atom is 0.276 e. The van der Waals surface area contributed by atoms with Gasteiger partial charge < -0.3 is 9.80 Å². The lowest BCUT2D eigenvalue weighted by Crippen LogP contribution is -2.36. The second kappa shape index (κ2) is 9.91. The van der Waals surface area contributed by atoms with Gasteiger partial charge in [0.05, 0.1) is 16.3 Å². The molecule has 1 aromatic carbocycles. The molecule has 0 aliphatic carbocycles. The zero-order valence-electron chi connectivity index (χ0n) is 17.6. The van der Waals surface area contributed by atoms with E-state index in [0.29, 0.717) is 30.6 Å². The third-order valence-corrected chi connectivity index (χ3v) is 6.34. The van der Waals surface area contributed by atoms with Crippen molar-refractivity contribution in [3.63, 3.8) is 0 Å². The van der Waals surface area contributed by atoms with Crippen molar-refractivity contribution >= 4 is 72.6 Å². The Morgan fingerprint density at radius 1 is 1.09 bits per heavy atom. The van der Waals surface area contributed by atoms with E-state index in [-0.39, 0.29) is 23.2 Å². The second-order valence-electron chi connectivity index (χ2n) is 7.23. The maximum absolute atomic E-state index is 13.6. The largest absolute Gasteiger partial charge is 0.339 e. The van der Waals surface area contributed by atoms with Crippen LogP contribution in [0.25, 0.3) is 5.82 Å². The van der Waals surface area contributed by atoms with Crippen molar-refractivity contribution < 1.29 is 9.59 Å². The van der Waals surface area contributed by atoms with Gasteiger partial charge in [0.25, 0.3) is 11.8 Å². The maximum atomic E-state index is 13.6. The van der Waals surface area contributed by atoms with E-state index < -0.39 is 5.91 Å². The van der Waals surface area contributed by atoms with E-state index in [1.807, 2.05) is 13.8 Å². The molecule has 0 unspecified atom stereocenters. The van der Waals surface area contributed by atoms with E-state index in [4.69, 9.17) is 23.2 Å². The summed E-state index contributed by atoms with van der Waals surface area (Å²) in [6.07, 6.45) is 1.56. The van der Waals surface area contributed by atoms with E-state index in [1.54, 1.807) is 55.5 Å². The molecule has 168 valence electrons. The summed E-state index contributed by atoms with van der Waals surface area (Å²) in [6.45, 7) is 3.80. The van der Waals surface area contributed by atoms with Gasteiger partial charge in [-0.15, -0.1) is 0 Å². The van der Waals surface area contributed by atoms with E-state index in [2.05, 4.69) is 41.9 Å². The SMILES string of the molecule is CC(C)N(C)C(=O)c1cc(Cl)cc(Br)c1N(C)C(=O)c1cc(Br)nn1-c1ncccc1Cl. The van der Waals surface area contributed by atoms with E-state index in [0.717, 1.165) is 0 Å². The molecule has 2 heterocycles. The predicted molar refractivity (Wildman–Crippen MR) is 133 cm³/mol. The quantitative estimate of drug-likeness (QED) is 0.366. The monoisotopic (exact) mass is 601 g/mol. The van der Waals surface area contributed by atoms with Crippen molar-refractivity contribution in [2.24, 2.45) is 0 Å². The van der Waals surface area contributed by atoms with Gasteiger partial charge in [-0.1, -0.05) is 23.2 Å². The summed E-state index contributed by atoms with van der Waals surface area (Å²) in [5.41, 5.74) is 0.878. The van der Waals surface area contributed by atoms with Gasteiger partial charge >= 0.3 is 0 Å². The van der Waals surface area contributed by atoms with Crippen molar-refractivity contribution in [1.82, 2.24) is 19.7 Å². The summed E-state index contributed by atoms with van der Waals surface area (Å²) in [7, 11) is 3.27. The number of carbonyl (C=O) groups excluding carboxylic acids is 2. The molecule has 0 N–H and O–H groups in total. The normalized spacial score (nSPS) is 11.0. The van der Waals surface area contributed by atoms with Crippen LogP contribution in [0.15, 0.2) is 45.6 Å². The van der Waals surface area contributed by atoms with Crippen LogP contribution in [0.5, 0.6) is 0 Å². The Labute approximate surface area is 212 Å². The minimum atomic E-state index is -0.422. The number of hydrogen-bond acceptors (Lipinski definition) is 4. The van der Waals surface area contributed by atoms with Crippen LogP contribution in [0.2, 0.25) is 10.0 Å². The zero-order valence-corrected chi connectivity index (χ0v) is 22.3. The molecule has 0 fully saturated rings. The Bertz CT molecular complexity index is 1200. The fourth-order valence-corrected chi connectivity index (χ4v) is 4.62. The number of hydrogen-bond donors (Lipinski definition) is 0. The van der Waals surface area contributed by atoms with Crippen LogP contribution in [-0.4, -0.2) is 51.6 Å². The number of aromatic nitrogens is 3. The molecule has 11 heteroatoms. The average molecular weight is 604 g/mol. The van der Waals surface area contributed by atoms with Crippen LogP contribution in [0.4, 0.5) is 5.69 Å². The lowest BCUT2D eigenvalue weighted by Gasteiger charge is -2.26. The minimum absolute atomic E-state index is 0.0437. The zero-order chi connectivity index (χ0) is 23.7. The van der Waals surface area contributed by atoms with Crippen molar-refractivity contribution in [2.45, 2.75) is 19.9 Å². The molecular formula is C21H19Br2Cl2N5O2. The Balaban J connectivity index is 2.12. The summed E-state index contributed by atoms with van der Waals surface area (Å²) in [5, 5.41) is 5.02. The van der Waals surface area contributed by atoms with E-state index >= 15 is 0 Å². The summed E-state index contributed by atoms with van der Waals surface area (Å²) in [5.74, 6) is -0.378. The molecular weight excluding hydrogens is 585 g/mol. The summed E-state index contributed by atoms with van der Waals surface area (Å²) in [6, 6.07) is 8.05. The van der Waals surface area contributed by atoms with Gasteiger partial charge in [-0.3, -0.25) is 9.59 Å². The minimum Gasteiger partial charge on any atom is -0.339 e. The van der Waals surface area contributed by atoms with Gasteiger partial charge in [0, 0.05) is 41.9 Å². The number of halogens is 4. The molecule has 7 nitrogen and oxygen atoms in total. The fraction of sp³-hybridized carbons (Fsp3) is 0.238. The highest BCUT2D eigenvalue weighted by atomic mass is 79.9. The predicted octanol–water partition coefficient (Wildman–Crippen LogP) is 5.86. The number of rotatable bonds is 5. The van der Waals surface area contributed by atoms with Gasteiger partial charge in [-0.05, 0) is 70.0 Å². The number of nitrogens with zero attached hydrogens (tertiary/aromatic N) is 5. The first kappa shape index (κ1) is 24.7. The number of amides is 2. The standard InChI is InChI=1S/C21H19Br2Cl2N5O2/c1-11(2)28(3)20(31)13-8-12(24)9-14(22)18(13)29(4)21(32)16-10-17(23)27-30(16)19-15(25)6-5-7-26-19/h5-11H,1-4H3. The number of benzene rings is 1. The van der Waals surface area contributed by atoms with Crippen LogP contribution in [0.3, 0.4) is 0 Å². The van der Waals surface area contributed by atoms with Crippen LogP contribution >= 0.6 is 55.1 Å².